The molecular formula is C9H9ClFNO. The summed E-state index contributed by atoms with van der Waals surface area (Å²) in [7, 11) is 0. The first-order chi connectivity index (χ1) is 6.27. The minimum atomic E-state index is -0.392. The fourth-order valence-electron chi connectivity index (χ4n) is 1.34. The van der Waals surface area contributed by atoms with Crippen molar-refractivity contribution >= 4 is 11.6 Å². The topological polar surface area (TPSA) is 21.3 Å². The lowest BCUT2D eigenvalue weighted by Gasteiger charge is -2.08. The summed E-state index contributed by atoms with van der Waals surface area (Å²) in [6, 6.07) is 4.66. The van der Waals surface area contributed by atoms with Crippen molar-refractivity contribution in [2.45, 2.75) is 6.10 Å². The Morgan fingerprint density at radius 2 is 2.38 bits per heavy atom. The Kier molecular flexibility index (Phi) is 2.49. The Morgan fingerprint density at radius 1 is 1.54 bits per heavy atom. The Labute approximate surface area is 80.7 Å². The summed E-state index contributed by atoms with van der Waals surface area (Å²) in [4.78, 5) is 0. The van der Waals surface area contributed by atoms with E-state index < -0.39 is 5.82 Å². The molecule has 1 saturated heterocycles. The monoisotopic (exact) mass is 201 g/mol. The predicted octanol–water partition coefficient (Wildman–Crippen LogP) is 2.10. The average molecular weight is 202 g/mol. The van der Waals surface area contributed by atoms with Crippen molar-refractivity contribution in [3.8, 4) is 0 Å². The zero-order valence-electron chi connectivity index (χ0n) is 6.89. The lowest BCUT2D eigenvalue weighted by atomic mass is 10.1. The van der Waals surface area contributed by atoms with E-state index in [1.807, 2.05) is 0 Å². The van der Waals surface area contributed by atoms with E-state index in [0.717, 1.165) is 12.1 Å². The molecule has 70 valence electrons. The smallest absolute Gasteiger partial charge is 0.141 e. The van der Waals surface area contributed by atoms with Gasteiger partial charge in [0.05, 0.1) is 17.9 Å². The summed E-state index contributed by atoms with van der Waals surface area (Å²) in [5.74, 6) is -0.392. The van der Waals surface area contributed by atoms with Crippen LogP contribution >= 0.6 is 11.6 Å². The van der Waals surface area contributed by atoms with Crippen molar-refractivity contribution in [1.82, 2.24) is 5.32 Å². The normalized spacial score (nSPS) is 22.2. The van der Waals surface area contributed by atoms with E-state index in [-0.39, 0.29) is 11.1 Å². The number of rotatable bonds is 1. The lowest BCUT2D eigenvalue weighted by Crippen LogP contribution is -2.07. The molecule has 2 rings (SSSR count). The van der Waals surface area contributed by atoms with Crippen LogP contribution in [0.4, 0.5) is 4.39 Å². The van der Waals surface area contributed by atoms with Gasteiger partial charge in [-0.1, -0.05) is 17.7 Å². The van der Waals surface area contributed by atoms with Gasteiger partial charge in [-0.05, 0) is 17.7 Å². The van der Waals surface area contributed by atoms with E-state index in [1.165, 1.54) is 6.07 Å². The molecule has 1 aliphatic heterocycles. The highest BCUT2D eigenvalue weighted by molar-refractivity contribution is 6.30. The van der Waals surface area contributed by atoms with Gasteiger partial charge < -0.3 is 4.74 Å². The number of halogens is 2. The third-order valence-corrected chi connectivity index (χ3v) is 2.32. The SMILES string of the molecule is Fc1ccc(C2CNCO2)cc1Cl. The zero-order valence-corrected chi connectivity index (χ0v) is 7.64. The standard InChI is InChI=1S/C9H9ClFNO/c10-7-3-6(1-2-8(7)11)9-4-12-5-13-9/h1-3,9,12H,4-5H2. The second-order valence-electron chi connectivity index (χ2n) is 2.93. The molecule has 1 N–H and O–H groups in total. The minimum Gasteiger partial charge on any atom is -0.357 e. The minimum absolute atomic E-state index is 0.00176. The van der Waals surface area contributed by atoms with Crippen LogP contribution in [-0.2, 0) is 4.74 Å². The van der Waals surface area contributed by atoms with Crippen LogP contribution in [0.2, 0.25) is 5.02 Å². The highest BCUT2D eigenvalue weighted by Crippen LogP contribution is 2.24. The third kappa shape index (κ3) is 1.82. The largest absolute Gasteiger partial charge is 0.357 e. The predicted molar refractivity (Wildman–Crippen MR) is 48.1 cm³/mol. The van der Waals surface area contributed by atoms with Crippen LogP contribution in [0.25, 0.3) is 0 Å². The third-order valence-electron chi connectivity index (χ3n) is 2.03. The summed E-state index contributed by atoms with van der Waals surface area (Å²) in [5, 5.41) is 3.19. The maximum absolute atomic E-state index is 12.8. The molecule has 0 radical (unpaired) electrons. The molecule has 1 fully saturated rings. The van der Waals surface area contributed by atoms with E-state index >= 15 is 0 Å². The molecule has 0 aliphatic carbocycles. The van der Waals surface area contributed by atoms with Crippen molar-refractivity contribution in [2.24, 2.45) is 0 Å². The first-order valence-electron chi connectivity index (χ1n) is 4.04. The van der Waals surface area contributed by atoms with Gasteiger partial charge in [0.2, 0.25) is 0 Å². The van der Waals surface area contributed by atoms with Gasteiger partial charge in [-0.25, -0.2) is 4.39 Å². The first-order valence-corrected chi connectivity index (χ1v) is 4.42. The maximum Gasteiger partial charge on any atom is 0.141 e. The van der Waals surface area contributed by atoms with Crippen molar-refractivity contribution in [3.63, 3.8) is 0 Å². The van der Waals surface area contributed by atoms with Gasteiger partial charge >= 0.3 is 0 Å². The van der Waals surface area contributed by atoms with Gasteiger partial charge in [-0.2, -0.15) is 0 Å². The molecule has 1 heterocycles. The summed E-state index contributed by atoms with van der Waals surface area (Å²) in [5.41, 5.74) is 0.913. The van der Waals surface area contributed by atoms with Gasteiger partial charge in [-0.15, -0.1) is 0 Å². The maximum atomic E-state index is 12.8. The van der Waals surface area contributed by atoms with E-state index in [4.69, 9.17) is 16.3 Å². The molecule has 1 aromatic rings. The number of nitrogens with one attached hydrogen (secondary N) is 1. The Balaban J connectivity index is 2.25. The van der Waals surface area contributed by atoms with E-state index in [1.54, 1.807) is 12.1 Å². The van der Waals surface area contributed by atoms with Crippen LogP contribution < -0.4 is 5.32 Å². The molecular weight excluding hydrogens is 193 g/mol. The van der Waals surface area contributed by atoms with Crippen molar-refractivity contribution in [1.29, 1.82) is 0 Å². The fourth-order valence-corrected chi connectivity index (χ4v) is 1.52. The van der Waals surface area contributed by atoms with Crippen LogP contribution in [0.3, 0.4) is 0 Å². The Morgan fingerprint density at radius 3 is 3.00 bits per heavy atom. The molecule has 0 spiro atoms. The van der Waals surface area contributed by atoms with Gasteiger partial charge in [0.15, 0.2) is 0 Å². The molecule has 1 aliphatic rings. The molecule has 4 heteroatoms. The van der Waals surface area contributed by atoms with Gasteiger partial charge in [-0.3, -0.25) is 5.32 Å². The molecule has 0 aromatic heterocycles. The van der Waals surface area contributed by atoms with Gasteiger partial charge in [0.1, 0.15) is 5.82 Å². The van der Waals surface area contributed by atoms with E-state index in [0.29, 0.717) is 6.73 Å². The number of hydrogen-bond donors (Lipinski definition) is 1. The number of hydrogen-bond acceptors (Lipinski definition) is 2. The molecule has 13 heavy (non-hydrogen) atoms. The van der Waals surface area contributed by atoms with E-state index in [9.17, 15) is 4.39 Å². The quantitative estimate of drug-likeness (QED) is 0.752. The van der Waals surface area contributed by atoms with Crippen LogP contribution in [-0.4, -0.2) is 13.3 Å². The molecule has 0 saturated carbocycles. The Hall–Kier alpha value is -0.640. The number of ether oxygens (including phenoxy) is 1. The van der Waals surface area contributed by atoms with Crippen LogP contribution in [0.5, 0.6) is 0 Å². The van der Waals surface area contributed by atoms with Crippen molar-refractivity contribution in [3.05, 3.63) is 34.6 Å². The highest BCUT2D eigenvalue weighted by atomic mass is 35.5. The molecule has 1 aromatic carbocycles. The molecule has 1 unspecified atom stereocenters. The molecule has 1 atom stereocenters. The van der Waals surface area contributed by atoms with Gasteiger partial charge in [0, 0.05) is 6.54 Å². The second kappa shape index (κ2) is 3.62. The summed E-state index contributed by atoms with van der Waals surface area (Å²) in [6.45, 7) is 1.29. The van der Waals surface area contributed by atoms with Crippen LogP contribution in [0.1, 0.15) is 11.7 Å². The van der Waals surface area contributed by atoms with Crippen molar-refractivity contribution < 1.29 is 9.13 Å². The van der Waals surface area contributed by atoms with Crippen LogP contribution in [0.15, 0.2) is 18.2 Å². The molecule has 2 nitrogen and oxygen atoms in total. The molecule has 0 bridgehead atoms. The number of benzene rings is 1. The summed E-state index contributed by atoms with van der Waals surface area (Å²) >= 11 is 5.64. The van der Waals surface area contributed by atoms with Crippen molar-refractivity contribution in [2.75, 3.05) is 13.3 Å². The van der Waals surface area contributed by atoms with Crippen LogP contribution in [0, 0.1) is 5.82 Å². The highest BCUT2D eigenvalue weighted by Gasteiger charge is 2.17. The summed E-state index contributed by atoms with van der Waals surface area (Å²) < 4.78 is 18.1. The summed E-state index contributed by atoms with van der Waals surface area (Å²) in [6.07, 6.45) is -0.00176. The Bertz CT molecular complexity index is 312. The first kappa shape index (κ1) is 8.94. The second-order valence-corrected chi connectivity index (χ2v) is 3.33. The molecule has 0 amide bonds. The van der Waals surface area contributed by atoms with Gasteiger partial charge in [0.25, 0.3) is 0 Å². The zero-order chi connectivity index (χ0) is 9.26. The lowest BCUT2D eigenvalue weighted by molar-refractivity contribution is 0.114. The average Bonchev–Trinajstić information content (AvgIpc) is 2.62. The fraction of sp³-hybridized carbons (Fsp3) is 0.333. The van der Waals surface area contributed by atoms with E-state index in [2.05, 4.69) is 5.32 Å².